The Morgan fingerprint density at radius 3 is 2.72 bits per heavy atom. The van der Waals surface area contributed by atoms with Gasteiger partial charge >= 0.3 is 0 Å². The molecule has 3 aromatic heterocycles. The Bertz CT molecular complexity index is 967. The quantitative estimate of drug-likeness (QED) is 0.784. The zero-order chi connectivity index (χ0) is 17.4. The summed E-state index contributed by atoms with van der Waals surface area (Å²) in [6.45, 7) is 4.04. The van der Waals surface area contributed by atoms with Gasteiger partial charge in [0.05, 0.1) is 0 Å². The summed E-state index contributed by atoms with van der Waals surface area (Å²) in [5, 5.41) is 0. The van der Waals surface area contributed by atoms with Crippen molar-refractivity contribution >= 4 is 17.0 Å². The van der Waals surface area contributed by atoms with Crippen molar-refractivity contribution < 1.29 is 0 Å². The molecule has 3 aromatic rings. The lowest BCUT2D eigenvalue weighted by Crippen LogP contribution is -2.19. The number of pyridine rings is 1. The summed E-state index contributed by atoms with van der Waals surface area (Å²) >= 11 is 0. The summed E-state index contributed by atoms with van der Waals surface area (Å²) in [4.78, 5) is 31.1. The molecule has 0 unspecified atom stereocenters. The van der Waals surface area contributed by atoms with Gasteiger partial charge in [-0.2, -0.15) is 0 Å². The maximum atomic E-state index is 12.3. The van der Waals surface area contributed by atoms with E-state index in [-0.39, 0.29) is 5.56 Å². The van der Waals surface area contributed by atoms with Crippen LogP contribution < -0.4 is 10.5 Å². The van der Waals surface area contributed by atoms with Crippen LogP contribution in [0.3, 0.4) is 0 Å². The highest BCUT2D eigenvalue weighted by Gasteiger charge is 2.14. The fourth-order valence-corrected chi connectivity index (χ4v) is 3.36. The van der Waals surface area contributed by atoms with Crippen LogP contribution in [0.1, 0.15) is 30.2 Å². The lowest BCUT2D eigenvalue weighted by Gasteiger charge is -2.16. The molecule has 0 atom stereocenters. The maximum absolute atomic E-state index is 12.3. The molecule has 0 bridgehead atoms. The fourth-order valence-electron chi connectivity index (χ4n) is 3.36. The van der Waals surface area contributed by atoms with Crippen LogP contribution in [-0.4, -0.2) is 37.6 Å². The second-order valence-corrected chi connectivity index (χ2v) is 6.58. The Kier molecular flexibility index (Phi) is 3.99. The van der Waals surface area contributed by atoms with E-state index in [2.05, 4.69) is 32.0 Å². The molecule has 0 saturated carbocycles. The summed E-state index contributed by atoms with van der Waals surface area (Å²) in [6, 6.07) is 6.15. The van der Waals surface area contributed by atoms with Crippen LogP contribution in [0.25, 0.3) is 11.2 Å². The largest absolute Gasteiger partial charge is 0.357 e. The van der Waals surface area contributed by atoms with E-state index < -0.39 is 0 Å². The van der Waals surface area contributed by atoms with Gasteiger partial charge in [0.2, 0.25) is 0 Å². The normalized spacial score (nSPS) is 14.6. The van der Waals surface area contributed by atoms with Crippen LogP contribution in [0.15, 0.2) is 23.0 Å². The van der Waals surface area contributed by atoms with E-state index in [1.165, 1.54) is 12.8 Å². The van der Waals surface area contributed by atoms with E-state index in [0.717, 1.165) is 36.8 Å². The van der Waals surface area contributed by atoms with Crippen molar-refractivity contribution in [3.63, 3.8) is 0 Å². The minimum absolute atomic E-state index is 0.137. The smallest absolute Gasteiger partial charge is 0.277 e. The van der Waals surface area contributed by atoms with Crippen molar-refractivity contribution in [2.45, 2.75) is 32.6 Å². The summed E-state index contributed by atoms with van der Waals surface area (Å²) < 4.78 is 1.77. The molecule has 4 rings (SSSR count). The van der Waals surface area contributed by atoms with Gasteiger partial charge < -0.3 is 14.5 Å². The number of imidazole rings is 1. The Morgan fingerprint density at radius 1 is 1.12 bits per heavy atom. The highest BCUT2D eigenvalue weighted by molar-refractivity contribution is 5.70. The molecule has 25 heavy (non-hydrogen) atoms. The van der Waals surface area contributed by atoms with E-state index in [4.69, 9.17) is 4.98 Å². The number of hydrogen-bond acceptors (Lipinski definition) is 5. The lowest BCUT2D eigenvalue weighted by atomic mass is 10.2. The topological polar surface area (TPSA) is 79.7 Å². The molecule has 0 amide bonds. The molecule has 0 aliphatic carbocycles. The van der Waals surface area contributed by atoms with Crippen molar-refractivity contribution in [3.8, 4) is 0 Å². The Labute approximate surface area is 145 Å². The summed E-state index contributed by atoms with van der Waals surface area (Å²) in [7, 11) is 1.83. The van der Waals surface area contributed by atoms with Crippen molar-refractivity contribution in [1.82, 2.24) is 24.5 Å². The molecular formula is C18H22N6O. The highest BCUT2D eigenvalue weighted by atomic mass is 16.1. The third-order valence-electron chi connectivity index (χ3n) is 4.85. The number of fused-ring (bicyclic) bond motifs is 1. The van der Waals surface area contributed by atoms with Crippen LogP contribution in [-0.2, 0) is 19.9 Å². The first-order valence-electron chi connectivity index (χ1n) is 8.75. The van der Waals surface area contributed by atoms with Gasteiger partial charge in [0.1, 0.15) is 17.5 Å². The van der Waals surface area contributed by atoms with Crippen molar-refractivity contribution in [1.29, 1.82) is 0 Å². The van der Waals surface area contributed by atoms with Crippen molar-refractivity contribution in [3.05, 3.63) is 45.9 Å². The second kappa shape index (κ2) is 6.31. The second-order valence-electron chi connectivity index (χ2n) is 6.58. The zero-order valence-corrected chi connectivity index (χ0v) is 14.6. The molecule has 0 radical (unpaired) electrons. The number of hydrogen-bond donors (Lipinski definition) is 1. The number of H-pyrrole nitrogens is 1. The van der Waals surface area contributed by atoms with Gasteiger partial charge in [-0.25, -0.2) is 15.0 Å². The fraction of sp³-hybridized carbons (Fsp3) is 0.444. The van der Waals surface area contributed by atoms with Crippen LogP contribution >= 0.6 is 0 Å². The predicted octanol–water partition coefficient (Wildman–Crippen LogP) is 1.75. The van der Waals surface area contributed by atoms with Gasteiger partial charge in [0.15, 0.2) is 11.2 Å². The van der Waals surface area contributed by atoms with Gasteiger partial charge in [-0.05, 0) is 38.3 Å². The lowest BCUT2D eigenvalue weighted by molar-refractivity contribution is 0.824. The third-order valence-corrected chi connectivity index (χ3v) is 4.85. The van der Waals surface area contributed by atoms with Crippen LogP contribution in [0, 0.1) is 6.92 Å². The first kappa shape index (κ1) is 15.8. The molecule has 1 aliphatic rings. The third kappa shape index (κ3) is 3.01. The number of aryl methyl sites for hydroxylation is 4. The van der Waals surface area contributed by atoms with Gasteiger partial charge in [0, 0.05) is 32.3 Å². The van der Waals surface area contributed by atoms with E-state index in [1.807, 2.05) is 20.0 Å². The molecule has 1 saturated heterocycles. The predicted molar refractivity (Wildman–Crippen MR) is 97.0 cm³/mol. The average Bonchev–Trinajstić information content (AvgIpc) is 3.23. The van der Waals surface area contributed by atoms with Crippen LogP contribution in [0.2, 0.25) is 0 Å². The van der Waals surface area contributed by atoms with Gasteiger partial charge in [-0.15, -0.1) is 0 Å². The van der Waals surface area contributed by atoms with Crippen LogP contribution in [0.5, 0.6) is 0 Å². The first-order chi connectivity index (χ1) is 12.1. The molecule has 1 fully saturated rings. The Hall–Kier alpha value is -2.70. The Balaban J connectivity index is 1.54. The van der Waals surface area contributed by atoms with E-state index in [9.17, 15) is 4.79 Å². The minimum Gasteiger partial charge on any atom is -0.357 e. The standard InChI is InChI=1S/C18H22N6O/c1-12-19-17-16(23(12)2)18(25)22-14(21-17)9-8-13-6-5-7-15(20-13)24-10-3-4-11-24/h5-7H,3-4,8-11H2,1-2H3,(H,21,22,25). The van der Waals surface area contributed by atoms with Gasteiger partial charge in [-0.1, -0.05) is 6.07 Å². The van der Waals surface area contributed by atoms with Crippen molar-refractivity contribution in [2.75, 3.05) is 18.0 Å². The monoisotopic (exact) mass is 338 g/mol. The number of aromatic amines is 1. The molecule has 7 heteroatoms. The molecular weight excluding hydrogens is 316 g/mol. The summed E-state index contributed by atoms with van der Waals surface area (Å²) in [6.07, 6.45) is 3.85. The molecule has 4 heterocycles. The summed E-state index contributed by atoms with van der Waals surface area (Å²) in [5.74, 6) is 2.49. The molecule has 1 aliphatic heterocycles. The van der Waals surface area contributed by atoms with Gasteiger partial charge in [0.25, 0.3) is 5.56 Å². The summed E-state index contributed by atoms with van der Waals surface area (Å²) in [5.41, 5.74) is 1.92. The number of rotatable bonds is 4. The SMILES string of the molecule is Cc1nc2nc(CCc3cccc(N4CCCC4)n3)[nH]c(=O)c2n1C. The number of nitrogens with one attached hydrogen (secondary N) is 1. The molecule has 0 aromatic carbocycles. The first-order valence-corrected chi connectivity index (χ1v) is 8.75. The van der Waals surface area contributed by atoms with Crippen molar-refractivity contribution in [2.24, 2.45) is 7.05 Å². The average molecular weight is 338 g/mol. The van der Waals surface area contributed by atoms with E-state index in [1.54, 1.807) is 4.57 Å². The Morgan fingerprint density at radius 2 is 1.92 bits per heavy atom. The zero-order valence-electron chi connectivity index (χ0n) is 14.6. The number of anilines is 1. The molecule has 130 valence electrons. The minimum atomic E-state index is -0.137. The molecule has 7 nitrogen and oxygen atoms in total. The maximum Gasteiger partial charge on any atom is 0.277 e. The number of aromatic nitrogens is 5. The van der Waals surface area contributed by atoms with E-state index in [0.29, 0.717) is 23.4 Å². The number of nitrogens with zero attached hydrogens (tertiary/aromatic N) is 5. The highest BCUT2D eigenvalue weighted by Crippen LogP contribution is 2.18. The molecule has 1 N–H and O–H groups in total. The van der Waals surface area contributed by atoms with E-state index >= 15 is 0 Å². The molecule has 0 spiro atoms. The van der Waals surface area contributed by atoms with Crippen LogP contribution in [0.4, 0.5) is 5.82 Å². The van der Waals surface area contributed by atoms with Gasteiger partial charge in [-0.3, -0.25) is 4.79 Å².